The van der Waals surface area contributed by atoms with E-state index in [1.54, 1.807) is 6.92 Å². The van der Waals surface area contributed by atoms with E-state index in [0.29, 0.717) is 18.7 Å². The number of hydrogen-bond donors (Lipinski definition) is 4. The lowest BCUT2D eigenvalue weighted by molar-refractivity contribution is -0.144. The highest BCUT2D eigenvalue weighted by Crippen LogP contribution is 2.29. The number of rotatable bonds is 4. The van der Waals surface area contributed by atoms with Crippen molar-refractivity contribution >= 4 is 12.0 Å². The molecule has 1 fully saturated rings. The van der Waals surface area contributed by atoms with Gasteiger partial charge in [0, 0.05) is 0 Å². The number of nitrogens with zero attached hydrogens (tertiary/aromatic N) is 2. The molecule has 4 N–H and O–H groups in total. The Morgan fingerprint density at radius 2 is 2.16 bits per heavy atom. The zero-order chi connectivity index (χ0) is 13.9. The first-order valence-electron chi connectivity index (χ1n) is 6.21. The summed E-state index contributed by atoms with van der Waals surface area (Å²) in [5.74, 6) is -0.460. The van der Waals surface area contributed by atoms with Crippen LogP contribution in [-0.2, 0) is 4.79 Å². The number of carbonyl (C=O) groups excluding carboxylic acids is 1. The lowest BCUT2D eigenvalue weighted by Gasteiger charge is -2.26. The molecule has 0 aromatic carbocycles. The van der Waals surface area contributed by atoms with Crippen LogP contribution in [0.15, 0.2) is 6.33 Å². The molecular weight excluding hydrogens is 250 g/mol. The van der Waals surface area contributed by atoms with Crippen molar-refractivity contribution < 1.29 is 14.7 Å². The Hall–Kier alpha value is -2.12. The maximum Gasteiger partial charge on any atom is 0.329 e. The standard InChI is InChI=1S/C11H17N5O3/c1-7(8-12-6-13-16-8)14-10(19)15-11(9(17)18)4-2-3-5-11/h6-7H,2-5H2,1H3,(H,17,18)(H,12,13,16)(H2,14,15,19). The predicted octanol–water partition coefficient (Wildman–Crippen LogP) is 0.562. The van der Waals surface area contributed by atoms with Crippen molar-refractivity contribution in [2.75, 3.05) is 0 Å². The third kappa shape index (κ3) is 2.83. The molecule has 1 aliphatic rings. The Kier molecular flexibility index (Phi) is 3.68. The molecule has 2 rings (SSSR count). The van der Waals surface area contributed by atoms with Crippen molar-refractivity contribution in [3.8, 4) is 0 Å². The summed E-state index contributed by atoms with van der Waals surface area (Å²) in [7, 11) is 0. The van der Waals surface area contributed by atoms with Crippen LogP contribution < -0.4 is 10.6 Å². The average Bonchev–Trinajstić information content (AvgIpc) is 2.99. The van der Waals surface area contributed by atoms with Gasteiger partial charge in [-0.25, -0.2) is 14.6 Å². The van der Waals surface area contributed by atoms with Gasteiger partial charge < -0.3 is 15.7 Å². The number of H-pyrrole nitrogens is 1. The van der Waals surface area contributed by atoms with Crippen LogP contribution in [0.1, 0.15) is 44.5 Å². The monoisotopic (exact) mass is 267 g/mol. The highest BCUT2D eigenvalue weighted by molar-refractivity contribution is 5.86. The first-order valence-corrected chi connectivity index (χ1v) is 6.21. The van der Waals surface area contributed by atoms with E-state index < -0.39 is 17.5 Å². The zero-order valence-electron chi connectivity index (χ0n) is 10.6. The zero-order valence-corrected chi connectivity index (χ0v) is 10.6. The van der Waals surface area contributed by atoms with E-state index in [1.807, 2.05) is 0 Å². The highest BCUT2D eigenvalue weighted by Gasteiger charge is 2.42. The second-order valence-electron chi connectivity index (χ2n) is 4.79. The summed E-state index contributed by atoms with van der Waals surface area (Å²) in [6.45, 7) is 1.74. The molecule has 0 saturated heterocycles. The molecule has 1 saturated carbocycles. The summed E-state index contributed by atoms with van der Waals surface area (Å²) < 4.78 is 0. The van der Waals surface area contributed by atoms with Gasteiger partial charge >= 0.3 is 12.0 Å². The van der Waals surface area contributed by atoms with Crippen molar-refractivity contribution in [3.63, 3.8) is 0 Å². The van der Waals surface area contributed by atoms with Crippen molar-refractivity contribution in [2.24, 2.45) is 0 Å². The number of carboxylic acid groups (broad SMARTS) is 1. The third-order valence-electron chi connectivity index (χ3n) is 3.41. The molecule has 1 heterocycles. The van der Waals surface area contributed by atoms with Gasteiger partial charge in [0.15, 0.2) is 0 Å². The number of nitrogens with one attached hydrogen (secondary N) is 3. The van der Waals surface area contributed by atoms with Crippen molar-refractivity contribution in [3.05, 3.63) is 12.2 Å². The average molecular weight is 267 g/mol. The highest BCUT2D eigenvalue weighted by atomic mass is 16.4. The summed E-state index contributed by atoms with van der Waals surface area (Å²) in [4.78, 5) is 27.1. The second kappa shape index (κ2) is 5.25. The Morgan fingerprint density at radius 1 is 1.47 bits per heavy atom. The minimum Gasteiger partial charge on any atom is -0.480 e. The molecule has 0 spiro atoms. The molecule has 1 aromatic heterocycles. The van der Waals surface area contributed by atoms with Gasteiger partial charge in [0.05, 0.1) is 6.04 Å². The number of aliphatic carboxylic acids is 1. The van der Waals surface area contributed by atoms with E-state index >= 15 is 0 Å². The summed E-state index contributed by atoms with van der Waals surface area (Å²) in [5.41, 5.74) is -1.13. The van der Waals surface area contributed by atoms with Crippen LogP contribution in [0.3, 0.4) is 0 Å². The van der Waals surface area contributed by atoms with E-state index in [0.717, 1.165) is 12.8 Å². The SMILES string of the molecule is CC(NC(=O)NC1(C(=O)O)CCCC1)c1ncn[nH]1. The fourth-order valence-electron chi connectivity index (χ4n) is 2.31. The van der Waals surface area contributed by atoms with Crippen molar-refractivity contribution in [2.45, 2.75) is 44.2 Å². The first-order chi connectivity index (χ1) is 9.03. The van der Waals surface area contributed by atoms with E-state index in [4.69, 9.17) is 0 Å². The van der Waals surface area contributed by atoms with Gasteiger partial charge in [-0.05, 0) is 19.8 Å². The quantitative estimate of drug-likeness (QED) is 0.635. The number of hydrogen-bond acceptors (Lipinski definition) is 4. The van der Waals surface area contributed by atoms with Crippen molar-refractivity contribution in [1.82, 2.24) is 25.8 Å². The smallest absolute Gasteiger partial charge is 0.329 e. The Bertz CT molecular complexity index is 453. The van der Waals surface area contributed by atoms with Gasteiger partial charge in [-0.3, -0.25) is 5.10 Å². The number of urea groups is 1. The molecule has 1 atom stereocenters. The van der Waals surface area contributed by atoms with E-state index in [-0.39, 0.29) is 6.04 Å². The van der Waals surface area contributed by atoms with Crippen molar-refractivity contribution in [1.29, 1.82) is 0 Å². The number of carboxylic acids is 1. The van der Waals surface area contributed by atoms with Crippen LogP contribution in [0.5, 0.6) is 0 Å². The molecular formula is C11H17N5O3. The van der Waals surface area contributed by atoms with Gasteiger partial charge in [0.25, 0.3) is 0 Å². The summed E-state index contributed by atoms with van der Waals surface area (Å²) in [5, 5.41) is 20.8. The number of carbonyl (C=O) groups is 2. The van der Waals surface area contributed by atoms with Gasteiger partial charge in [-0.2, -0.15) is 5.10 Å². The van der Waals surface area contributed by atoms with E-state index in [9.17, 15) is 14.7 Å². The molecule has 0 aliphatic heterocycles. The van der Waals surface area contributed by atoms with Crippen LogP contribution >= 0.6 is 0 Å². The molecule has 0 bridgehead atoms. The molecule has 8 heteroatoms. The van der Waals surface area contributed by atoms with Crippen LogP contribution in [0.25, 0.3) is 0 Å². The van der Waals surface area contributed by atoms with Gasteiger partial charge in [-0.1, -0.05) is 12.8 Å². The van der Waals surface area contributed by atoms with Crippen LogP contribution in [-0.4, -0.2) is 37.8 Å². The van der Waals surface area contributed by atoms with Crippen LogP contribution in [0, 0.1) is 0 Å². The van der Waals surface area contributed by atoms with Gasteiger partial charge in [0.2, 0.25) is 0 Å². The summed E-state index contributed by atoms with van der Waals surface area (Å²) in [6.07, 6.45) is 3.90. The Labute approximate surface area is 110 Å². The molecule has 8 nitrogen and oxygen atoms in total. The normalized spacial score (nSPS) is 18.8. The minimum absolute atomic E-state index is 0.366. The number of amides is 2. The molecule has 2 amide bonds. The maximum atomic E-state index is 11.9. The number of aromatic nitrogens is 3. The summed E-state index contributed by atoms with van der Waals surface area (Å²) >= 11 is 0. The van der Waals surface area contributed by atoms with E-state index in [2.05, 4.69) is 25.8 Å². The topological polar surface area (TPSA) is 120 Å². The first kappa shape index (κ1) is 13.3. The largest absolute Gasteiger partial charge is 0.480 e. The fourth-order valence-corrected chi connectivity index (χ4v) is 2.31. The molecule has 1 unspecified atom stereocenters. The van der Waals surface area contributed by atoms with Crippen LogP contribution in [0.4, 0.5) is 4.79 Å². The van der Waals surface area contributed by atoms with Crippen LogP contribution in [0.2, 0.25) is 0 Å². The maximum absolute atomic E-state index is 11.9. The molecule has 104 valence electrons. The predicted molar refractivity (Wildman–Crippen MR) is 65.3 cm³/mol. The Balaban J connectivity index is 1.95. The molecule has 19 heavy (non-hydrogen) atoms. The molecule has 0 radical (unpaired) electrons. The summed E-state index contributed by atoms with van der Waals surface area (Å²) in [6, 6.07) is -0.872. The van der Waals surface area contributed by atoms with E-state index in [1.165, 1.54) is 6.33 Å². The minimum atomic E-state index is -1.13. The molecule has 1 aliphatic carbocycles. The molecule has 1 aromatic rings. The Morgan fingerprint density at radius 3 is 2.68 bits per heavy atom. The lowest BCUT2D eigenvalue weighted by Crippen LogP contribution is -2.55. The fraction of sp³-hybridized carbons (Fsp3) is 0.636. The van der Waals surface area contributed by atoms with Gasteiger partial charge in [0.1, 0.15) is 17.7 Å². The number of aromatic amines is 1. The second-order valence-corrected chi connectivity index (χ2v) is 4.79. The third-order valence-corrected chi connectivity index (χ3v) is 3.41. The lowest BCUT2D eigenvalue weighted by atomic mass is 9.98. The van der Waals surface area contributed by atoms with Gasteiger partial charge in [-0.15, -0.1) is 0 Å².